The summed E-state index contributed by atoms with van der Waals surface area (Å²) in [6.45, 7) is 0.290. The van der Waals surface area contributed by atoms with Gasteiger partial charge >= 0.3 is 5.97 Å². The molecule has 0 radical (unpaired) electrons. The number of benzene rings is 1. The van der Waals surface area contributed by atoms with Crippen LogP contribution in [0.25, 0.3) is 0 Å². The number of rotatable bonds is 6. The summed E-state index contributed by atoms with van der Waals surface area (Å²) in [5.74, 6) is -0.935. The van der Waals surface area contributed by atoms with E-state index in [1.807, 2.05) is 6.07 Å². The van der Waals surface area contributed by atoms with Gasteiger partial charge < -0.3 is 15.2 Å². The van der Waals surface area contributed by atoms with Crippen LogP contribution >= 0.6 is 11.6 Å². The van der Waals surface area contributed by atoms with E-state index >= 15 is 0 Å². The summed E-state index contributed by atoms with van der Waals surface area (Å²) in [6, 6.07) is 7.04. The van der Waals surface area contributed by atoms with Gasteiger partial charge in [0.15, 0.2) is 0 Å². The molecule has 0 aliphatic carbocycles. The van der Waals surface area contributed by atoms with Crippen LogP contribution in [0.5, 0.6) is 0 Å². The molecule has 18 heavy (non-hydrogen) atoms. The fourth-order valence-electron chi connectivity index (χ4n) is 1.44. The normalized spacial score (nSPS) is 11.6. The van der Waals surface area contributed by atoms with E-state index in [1.54, 1.807) is 18.2 Å². The maximum absolute atomic E-state index is 10.6. The number of carbonyl (C=O) groups is 1. The molecule has 1 aromatic rings. The summed E-state index contributed by atoms with van der Waals surface area (Å²) in [6.07, 6.45) is -0.570. The molecule has 5 nitrogen and oxygen atoms in total. The Morgan fingerprint density at radius 3 is 2.94 bits per heavy atom. The molecule has 0 saturated heterocycles. The second kappa shape index (κ2) is 6.84. The van der Waals surface area contributed by atoms with Crippen LogP contribution in [0.4, 0.5) is 5.69 Å². The van der Waals surface area contributed by atoms with E-state index < -0.39 is 12.1 Å². The van der Waals surface area contributed by atoms with Gasteiger partial charge in [-0.05, 0) is 12.1 Å². The molecule has 0 aromatic heterocycles. The first-order chi connectivity index (χ1) is 8.58. The lowest BCUT2D eigenvalue weighted by Crippen LogP contribution is -2.25. The lowest BCUT2D eigenvalue weighted by Gasteiger charge is -2.15. The largest absolute Gasteiger partial charge is 0.481 e. The number of nitrogens with zero attached hydrogens (tertiary/aromatic N) is 1. The molecule has 6 heteroatoms. The highest BCUT2D eigenvalue weighted by molar-refractivity contribution is 6.32. The van der Waals surface area contributed by atoms with Gasteiger partial charge in [-0.2, -0.15) is 5.26 Å². The number of ether oxygens (including phenoxy) is 1. The number of anilines is 1. The van der Waals surface area contributed by atoms with Crippen molar-refractivity contribution in [2.75, 3.05) is 19.0 Å². The molecule has 0 aliphatic rings. The Hall–Kier alpha value is -1.77. The maximum Gasteiger partial charge on any atom is 0.306 e. The van der Waals surface area contributed by atoms with Gasteiger partial charge in [-0.1, -0.05) is 17.7 Å². The first-order valence-corrected chi connectivity index (χ1v) is 5.63. The number of nitriles is 1. The average Bonchev–Trinajstić information content (AvgIpc) is 2.34. The number of hydrogen-bond acceptors (Lipinski definition) is 4. The number of carboxylic acid groups (broad SMARTS) is 1. The lowest BCUT2D eigenvalue weighted by molar-refractivity contribution is -0.139. The summed E-state index contributed by atoms with van der Waals surface area (Å²) < 4.78 is 5.03. The summed E-state index contributed by atoms with van der Waals surface area (Å²) in [5.41, 5.74) is 0.904. The highest BCUT2D eigenvalue weighted by atomic mass is 35.5. The molecule has 0 aliphatic heterocycles. The molecule has 2 N–H and O–H groups in total. The third kappa shape index (κ3) is 3.91. The van der Waals surface area contributed by atoms with Crippen LogP contribution in [0, 0.1) is 11.3 Å². The number of nitrogens with one attached hydrogen (secondary N) is 1. The predicted molar refractivity (Wildman–Crippen MR) is 67.7 cm³/mol. The van der Waals surface area contributed by atoms with Crippen LogP contribution in [-0.4, -0.2) is 30.8 Å². The molecule has 1 atom stereocenters. The molecule has 1 aromatic carbocycles. The topological polar surface area (TPSA) is 82.3 Å². The molecule has 1 unspecified atom stereocenters. The summed E-state index contributed by atoms with van der Waals surface area (Å²) in [5, 5.41) is 21.0. The average molecular weight is 269 g/mol. The second-order valence-corrected chi connectivity index (χ2v) is 4.02. The number of aliphatic carboxylic acids is 1. The zero-order chi connectivity index (χ0) is 13.5. The number of halogens is 1. The molecular weight excluding hydrogens is 256 g/mol. The van der Waals surface area contributed by atoms with Crippen molar-refractivity contribution < 1.29 is 14.6 Å². The number of carboxylic acids is 1. The second-order valence-electron chi connectivity index (χ2n) is 3.61. The Kier molecular flexibility index (Phi) is 5.43. The Morgan fingerprint density at radius 1 is 1.67 bits per heavy atom. The van der Waals surface area contributed by atoms with Crippen LogP contribution in [0.1, 0.15) is 12.0 Å². The Labute approximate surface area is 110 Å². The zero-order valence-corrected chi connectivity index (χ0v) is 10.6. The Balaban J connectivity index is 2.71. The Bertz CT molecular complexity index is 471. The van der Waals surface area contributed by atoms with E-state index in [0.29, 0.717) is 16.3 Å². The smallest absolute Gasteiger partial charge is 0.306 e. The van der Waals surface area contributed by atoms with Crippen LogP contribution in [0.3, 0.4) is 0 Å². The fourth-order valence-corrected chi connectivity index (χ4v) is 1.66. The van der Waals surface area contributed by atoms with Gasteiger partial charge in [0.1, 0.15) is 6.07 Å². The van der Waals surface area contributed by atoms with Crippen molar-refractivity contribution in [1.29, 1.82) is 5.26 Å². The van der Waals surface area contributed by atoms with E-state index in [1.165, 1.54) is 7.11 Å². The van der Waals surface area contributed by atoms with Gasteiger partial charge in [0.2, 0.25) is 0 Å². The SMILES string of the molecule is COC(CNc1cccc(Cl)c1C#N)CC(=O)O. The van der Waals surface area contributed by atoms with Crippen molar-refractivity contribution in [3.8, 4) is 6.07 Å². The molecule has 0 amide bonds. The Morgan fingerprint density at radius 2 is 2.39 bits per heavy atom. The van der Waals surface area contributed by atoms with E-state index in [9.17, 15) is 4.79 Å². The van der Waals surface area contributed by atoms with Gasteiger partial charge in [0, 0.05) is 13.7 Å². The molecule has 0 heterocycles. The maximum atomic E-state index is 10.6. The van der Waals surface area contributed by atoms with Gasteiger partial charge in [-0.3, -0.25) is 4.79 Å². The summed E-state index contributed by atoms with van der Waals surface area (Å²) >= 11 is 5.88. The predicted octanol–water partition coefficient (Wildman–Crippen LogP) is 2.11. The van der Waals surface area contributed by atoms with Crippen molar-refractivity contribution in [1.82, 2.24) is 0 Å². The molecule has 1 rings (SSSR count). The number of methoxy groups -OCH3 is 1. The third-order valence-corrected chi connectivity index (χ3v) is 2.70. The van der Waals surface area contributed by atoms with E-state index in [4.69, 9.17) is 26.7 Å². The molecular formula is C12H13ClN2O3. The van der Waals surface area contributed by atoms with Gasteiger partial charge in [-0.25, -0.2) is 0 Å². The van der Waals surface area contributed by atoms with E-state index in [0.717, 1.165) is 0 Å². The van der Waals surface area contributed by atoms with Gasteiger partial charge in [0.05, 0.1) is 28.8 Å². The molecule has 96 valence electrons. The van der Waals surface area contributed by atoms with Crippen molar-refractivity contribution in [2.45, 2.75) is 12.5 Å². The monoisotopic (exact) mass is 268 g/mol. The van der Waals surface area contributed by atoms with Crippen LogP contribution in [0.15, 0.2) is 18.2 Å². The molecule has 0 fully saturated rings. The van der Waals surface area contributed by atoms with Crippen LogP contribution in [-0.2, 0) is 9.53 Å². The van der Waals surface area contributed by atoms with E-state index in [2.05, 4.69) is 5.32 Å². The van der Waals surface area contributed by atoms with Crippen molar-refractivity contribution >= 4 is 23.3 Å². The fraction of sp³-hybridized carbons (Fsp3) is 0.333. The van der Waals surface area contributed by atoms with Gasteiger partial charge in [0.25, 0.3) is 0 Å². The molecule has 0 bridgehead atoms. The minimum atomic E-state index is -0.935. The minimum Gasteiger partial charge on any atom is -0.481 e. The highest BCUT2D eigenvalue weighted by Gasteiger charge is 2.13. The van der Waals surface area contributed by atoms with Crippen molar-refractivity contribution in [2.24, 2.45) is 0 Å². The summed E-state index contributed by atoms with van der Waals surface area (Å²) in [7, 11) is 1.44. The van der Waals surface area contributed by atoms with Crippen LogP contribution < -0.4 is 5.32 Å². The molecule has 0 saturated carbocycles. The molecule has 0 spiro atoms. The highest BCUT2D eigenvalue weighted by Crippen LogP contribution is 2.23. The first-order valence-electron chi connectivity index (χ1n) is 5.25. The standard InChI is InChI=1S/C12H13ClN2O3/c1-18-8(5-12(16)17)7-15-11-4-2-3-10(13)9(11)6-14/h2-4,8,15H,5,7H2,1H3,(H,16,17). The third-order valence-electron chi connectivity index (χ3n) is 2.38. The summed E-state index contributed by atoms with van der Waals surface area (Å²) in [4.78, 5) is 10.6. The zero-order valence-electron chi connectivity index (χ0n) is 9.81. The lowest BCUT2D eigenvalue weighted by atomic mass is 10.2. The van der Waals surface area contributed by atoms with Gasteiger partial charge in [-0.15, -0.1) is 0 Å². The minimum absolute atomic E-state index is 0.105. The van der Waals surface area contributed by atoms with Crippen molar-refractivity contribution in [3.05, 3.63) is 28.8 Å². The number of hydrogen-bond donors (Lipinski definition) is 2. The van der Waals surface area contributed by atoms with Crippen LogP contribution in [0.2, 0.25) is 5.02 Å². The van der Waals surface area contributed by atoms with Crippen molar-refractivity contribution in [3.63, 3.8) is 0 Å². The van der Waals surface area contributed by atoms with E-state index in [-0.39, 0.29) is 13.0 Å². The first kappa shape index (κ1) is 14.3. The quantitative estimate of drug-likeness (QED) is 0.826.